The van der Waals surface area contributed by atoms with Crippen molar-refractivity contribution in [3.8, 4) is 11.3 Å². The zero-order chi connectivity index (χ0) is 21.2. The van der Waals surface area contributed by atoms with Gasteiger partial charge >= 0.3 is 0 Å². The maximum atomic E-state index is 13.2. The predicted octanol–water partition coefficient (Wildman–Crippen LogP) is 4.00. The highest BCUT2D eigenvalue weighted by molar-refractivity contribution is 5.63. The van der Waals surface area contributed by atoms with E-state index in [2.05, 4.69) is 21.0 Å². The minimum Gasteiger partial charge on any atom is -0.341 e. The normalized spacial score (nSPS) is 19.8. The molecule has 2 aliphatic heterocycles. The summed E-state index contributed by atoms with van der Waals surface area (Å²) >= 11 is 0. The number of hydrogen-bond acceptors (Lipinski definition) is 5. The van der Waals surface area contributed by atoms with Crippen molar-refractivity contribution in [1.82, 2.24) is 24.6 Å². The summed E-state index contributed by atoms with van der Waals surface area (Å²) in [6.07, 6.45) is 8.62. The fourth-order valence-electron chi connectivity index (χ4n) is 4.84. The molecule has 0 saturated carbocycles. The minimum absolute atomic E-state index is 0.184. The number of anilines is 1. The Labute approximate surface area is 182 Å². The van der Waals surface area contributed by atoms with Gasteiger partial charge in [-0.2, -0.15) is 5.10 Å². The van der Waals surface area contributed by atoms with Crippen LogP contribution in [0.3, 0.4) is 0 Å². The third kappa shape index (κ3) is 4.46. The van der Waals surface area contributed by atoms with E-state index < -0.39 is 0 Å². The summed E-state index contributed by atoms with van der Waals surface area (Å²) in [5, 5.41) is 4.86. The highest BCUT2D eigenvalue weighted by Gasteiger charge is 2.27. The van der Waals surface area contributed by atoms with E-state index in [1.807, 2.05) is 36.1 Å². The standard InChI is InChI=1S/C24H29FN6/c1-29-17-21(22-10-11-26-24(27-22)31-13-2-3-14-31)23(28-29)19-5-4-12-30(16-19)15-18-6-8-20(25)9-7-18/h6-11,17,19H,2-5,12-16H2,1H3. The molecule has 6 nitrogen and oxygen atoms in total. The lowest BCUT2D eigenvalue weighted by atomic mass is 9.91. The van der Waals surface area contributed by atoms with Crippen LogP contribution < -0.4 is 4.90 Å². The highest BCUT2D eigenvalue weighted by atomic mass is 19.1. The van der Waals surface area contributed by atoms with E-state index in [9.17, 15) is 4.39 Å². The van der Waals surface area contributed by atoms with Crippen LogP contribution in [0.25, 0.3) is 11.3 Å². The summed E-state index contributed by atoms with van der Waals surface area (Å²) in [4.78, 5) is 14.1. The molecule has 1 unspecified atom stereocenters. The Kier molecular flexibility index (Phi) is 5.68. The molecule has 2 fully saturated rings. The van der Waals surface area contributed by atoms with Crippen molar-refractivity contribution in [2.75, 3.05) is 31.1 Å². The molecule has 2 saturated heterocycles. The Morgan fingerprint density at radius 3 is 2.65 bits per heavy atom. The van der Waals surface area contributed by atoms with Crippen LogP contribution in [-0.4, -0.2) is 50.8 Å². The van der Waals surface area contributed by atoms with Crippen LogP contribution in [0.4, 0.5) is 10.3 Å². The first-order chi connectivity index (χ1) is 15.2. The summed E-state index contributed by atoms with van der Waals surface area (Å²) in [5.41, 5.74) is 4.33. The third-order valence-corrected chi connectivity index (χ3v) is 6.38. The Morgan fingerprint density at radius 1 is 1.03 bits per heavy atom. The molecule has 2 aliphatic rings. The van der Waals surface area contributed by atoms with Crippen molar-refractivity contribution >= 4 is 5.95 Å². The molecule has 0 amide bonds. The lowest BCUT2D eigenvalue weighted by Crippen LogP contribution is -2.34. The van der Waals surface area contributed by atoms with E-state index in [4.69, 9.17) is 10.1 Å². The lowest BCUT2D eigenvalue weighted by Gasteiger charge is -2.32. The molecule has 7 heteroatoms. The SMILES string of the molecule is Cn1cc(-c2ccnc(N3CCCC3)n2)c(C2CCCN(Cc3ccc(F)cc3)C2)n1. The molecule has 4 heterocycles. The number of hydrogen-bond donors (Lipinski definition) is 0. The maximum Gasteiger partial charge on any atom is 0.225 e. The average molecular weight is 421 g/mol. The highest BCUT2D eigenvalue weighted by Crippen LogP contribution is 2.34. The summed E-state index contributed by atoms with van der Waals surface area (Å²) in [6.45, 7) is 4.91. The van der Waals surface area contributed by atoms with Gasteiger partial charge in [-0.15, -0.1) is 0 Å². The number of aryl methyl sites for hydroxylation is 1. The van der Waals surface area contributed by atoms with E-state index in [0.717, 1.165) is 74.0 Å². The first-order valence-electron chi connectivity index (χ1n) is 11.2. The number of rotatable bonds is 5. The number of likely N-dealkylation sites (tertiary alicyclic amines) is 1. The van der Waals surface area contributed by atoms with Crippen LogP contribution in [0.1, 0.15) is 42.9 Å². The van der Waals surface area contributed by atoms with E-state index in [0.29, 0.717) is 5.92 Å². The molecule has 3 aromatic rings. The molecule has 0 aliphatic carbocycles. The molecule has 1 aromatic carbocycles. The summed E-state index contributed by atoms with van der Waals surface area (Å²) in [7, 11) is 1.98. The van der Waals surface area contributed by atoms with Gasteiger partial charge in [-0.1, -0.05) is 12.1 Å². The first-order valence-corrected chi connectivity index (χ1v) is 11.2. The lowest BCUT2D eigenvalue weighted by molar-refractivity contribution is 0.198. The fourth-order valence-corrected chi connectivity index (χ4v) is 4.84. The molecule has 1 atom stereocenters. The second-order valence-electron chi connectivity index (χ2n) is 8.74. The van der Waals surface area contributed by atoms with Gasteiger partial charge in [-0.3, -0.25) is 9.58 Å². The van der Waals surface area contributed by atoms with Crippen LogP contribution in [0.15, 0.2) is 42.7 Å². The topological polar surface area (TPSA) is 50.1 Å². The summed E-state index contributed by atoms with van der Waals surface area (Å²) in [6, 6.07) is 8.85. The molecule has 5 rings (SSSR count). The average Bonchev–Trinajstić information content (AvgIpc) is 3.46. The van der Waals surface area contributed by atoms with Gasteiger partial charge in [-0.25, -0.2) is 14.4 Å². The van der Waals surface area contributed by atoms with Crippen molar-refractivity contribution in [3.05, 3.63) is 59.8 Å². The van der Waals surface area contributed by atoms with E-state index in [1.165, 1.54) is 12.8 Å². The Balaban J connectivity index is 1.37. The van der Waals surface area contributed by atoms with Crippen molar-refractivity contribution in [3.63, 3.8) is 0 Å². The van der Waals surface area contributed by atoms with Crippen LogP contribution in [-0.2, 0) is 13.6 Å². The smallest absolute Gasteiger partial charge is 0.225 e. The van der Waals surface area contributed by atoms with Crippen LogP contribution in [0, 0.1) is 5.82 Å². The van der Waals surface area contributed by atoms with Gasteiger partial charge in [0.2, 0.25) is 5.95 Å². The van der Waals surface area contributed by atoms with Crippen LogP contribution >= 0.6 is 0 Å². The largest absolute Gasteiger partial charge is 0.341 e. The second kappa shape index (κ2) is 8.75. The van der Waals surface area contributed by atoms with Gasteiger partial charge in [0, 0.05) is 57.1 Å². The molecule has 2 aromatic heterocycles. The number of benzene rings is 1. The molecule has 0 spiro atoms. The third-order valence-electron chi connectivity index (χ3n) is 6.38. The fraction of sp³-hybridized carbons (Fsp3) is 0.458. The number of halogens is 1. The monoisotopic (exact) mass is 420 g/mol. The second-order valence-corrected chi connectivity index (χ2v) is 8.74. The Hall–Kier alpha value is -2.80. The predicted molar refractivity (Wildman–Crippen MR) is 119 cm³/mol. The molecule has 0 radical (unpaired) electrons. The minimum atomic E-state index is -0.184. The van der Waals surface area contributed by atoms with Crippen LogP contribution in [0.5, 0.6) is 0 Å². The zero-order valence-electron chi connectivity index (χ0n) is 18.0. The molecule has 31 heavy (non-hydrogen) atoms. The van der Waals surface area contributed by atoms with Gasteiger partial charge < -0.3 is 4.90 Å². The maximum absolute atomic E-state index is 13.2. The van der Waals surface area contributed by atoms with E-state index >= 15 is 0 Å². The molecule has 0 N–H and O–H groups in total. The van der Waals surface area contributed by atoms with E-state index in [-0.39, 0.29) is 5.82 Å². The van der Waals surface area contributed by atoms with Crippen molar-refractivity contribution < 1.29 is 4.39 Å². The number of aromatic nitrogens is 4. The van der Waals surface area contributed by atoms with Gasteiger partial charge in [0.05, 0.1) is 11.4 Å². The van der Waals surface area contributed by atoms with Gasteiger partial charge in [0.15, 0.2) is 0 Å². The molecular weight excluding hydrogens is 391 g/mol. The summed E-state index contributed by atoms with van der Waals surface area (Å²) in [5.74, 6) is 0.999. The first kappa shape index (κ1) is 20.1. The summed E-state index contributed by atoms with van der Waals surface area (Å²) < 4.78 is 15.2. The van der Waals surface area contributed by atoms with Gasteiger partial charge in [0.1, 0.15) is 5.82 Å². The molecule has 0 bridgehead atoms. The van der Waals surface area contributed by atoms with Crippen molar-refractivity contribution in [1.29, 1.82) is 0 Å². The molecular formula is C24H29FN6. The van der Waals surface area contributed by atoms with Crippen LogP contribution in [0.2, 0.25) is 0 Å². The van der Waals surface area contributed by atoms with Gasteiger partial charge in [0.25, 0.3) is 0 Å². The van der Waals surface area contributed by atoms with E-state index in [1.54, 1.807) is 12.1 Å². The van der Waals surface area contributed by atoms with Crippen molar-refractivity contribution in [2.45, 2.75) is 38.1 Å². The van der Waals surface area contributed by atoms with Crippen molar-refractivity contribution in [2.24, 2.45) is 7.05 Å². The number of nitrogens with zero attached hydrogens (tertiary/aromatic N) is 6. The molecule has 162 valence electrons. The quantitative estimate of drug-likeness (QED) is 0.625. The number of piperidine rings is 1. The Morgan fingerprint density at radius 2 is 1.84 bits per heavy atom. The Bertz CT molecular complexity index is 1020. The van der Waals surface area contributed by atoms with Gasteiger partial charge in [-0.05, 0) is 56.0 Å². The zero-order valence-corrected chi connectivity index (χ0v) is 18.0.